The largest absolute Gasteiger partial charge is 0.383 e. The molecule has 0 unspecified atom stereocenters. The molecule has 0 aliphatic heterocycles. The van der Waals surface area contributed by atoms with Gasteiger partial charge in [0.1, 0.15) is 5.82 Å². The molecule has 0 radical (unpaired) electrons. The van der Waals surface area contributed by atoms with Gasteiger partial charge in [-0.2, -0.15) is 0 Å². The molecule has 0 amide bonds. The number of halogens is 1. The summed E-state index contributed by atoms with van der Waals surface area (Å²) in [6.45, 7) is 0. The van der Waals surface area contributed by atoms with Gasteiger partial charge in [0.05, 0.1) is 3.57 Å². The summed E-state index contributed by atoms with van der Waals surface area (Å²) in [6, 6.07) is 10.0. The van der Waals surface area contributed by atoms with Gasteiger partial charge in [0.15, 0.2) is 5.82 Å². The summed E-state index contributed by atoms with van der Waals surface area (Å²) in [7, 11) is 0. The maximum absolute atomic E-state index is 5.70. The van der Waals surface area contributed by atoms with E-state index in [9.17, 15) is 0 Å². The number of nitrogens with two attached hydrogens (primary N) is 1. The highest BCUT2D eigenvalue weighted by Crippen LogP contribution is 2.11. The Morgan fingerprint density at radius 2 is 1.88 bits per heavy atom. The Bertz CT molecular complexity index is 509. The van der Waals surface area contributed by atoms with Crippen molar-refractivity contribution in [3.05, 3.63) is 51.5 Å². The SMILES string of the molecule is Nc1nc(/C=C/c2ccccc2)ncc1I. The van der Waals surface area contributed by atoms with Crippen LogP contribution in [0.3, 0.4) is 0 Å². The standard InChI is InChI=1S/C12H10IN3/c13-10-8-15-11(16-12(10)14)7-6-9-4-2-1-3-5-9/h1-8H,(H2,14,15,16)/b7-6+. The third-order valence-corrected chi connectivity index (χ3v) is 2.85. The van der Waals surface area contributed by atoms with E-state index >= 15 is 0 Å². The molecule has 16 heavy (non-hydrogen) atoms. The molecule has 1 heterocycles. The van der Waals surface area contributed by atoms with E-state index in [0.29, 0.717) is 11.6 Å². The number of nitrogens with zero attached hydrogens (tertiary/aromatic N) is 2. The van der Waals surface area contributed by atoms with Crippen LogP contribution < -0.4 is 5.73 Å². The van der Waals surface area contributed by atoms with Gasteiger partial charge in [-0.3, -0.25) is 0 Å². The molecule has 2 rings (SSSR count). The van der Waals surface area contributed by atoms with Gasteiger partial charge in [-0.15, -0.1) is 0 Å². The van der Waals surface area contributed by atoms with Crippen LogP contribution in [0.15, 0.2) is 36.5 Å². The van der Waals surface area contributed by atoms with E-state index in [1.54, 1.807) is 6.20 Å². The normalized spacial score (nSPS) is 10.8. The molecule has 0 aliphatic rings. The zero-order valence-electron chi connectivity index (χ0n) is 8.47. The van der Waals surface area contributed by atoms with Crippen LogP contribution in [0.2, 0.25) is 0 Å². The monoisotopic (exact) mass is 323 g/mol. The van der Waals surface area contributed by atoms with E-state index < -0.39 is 0 Å². The van der Waals surface area contributed by atoms with Gasteiger partial charge in [0.25, 0.3) is 0 Å². The van der Waals surface area contributed by atoms with E-state index in [1.165, 1.54) is 0 Å². The lowest BCUT2D eigenvalue weighted by Gasteiger charge is -1.97. The molecule has 0 bridgehead atoms. The Morgan fingerprint density at radius 1 is 1.12 bits per heavy atom. The Labute approximate surface area is 108 Å². The molecule has 0 spiro atoms. The van der Waals surface area contributed by atoms with Crippen molar-refractivity contribution in [3.63, 3.8) is 0 Å². The van der Waals surface area contributed by atoms with Crippen molar-refractivity contribution in [1.82, 2.24) is 9.97 Å². The van der Waals surface area contributed by atoms with Crippen LogP contribution in [0.4, 0.5) is 5.82 Å². The summed E-state index contributed by atoms with van der Waals surface area (Å²) < 4.78 is 0.870. The predicted molar refractivity (Wildman–Crippen MR) is 74.5 cm³/mol. The summed E-state index contributed by atoms with van der Waals surface area (Å²) >= 11 is 2.11. The summed E-state index contributed by atoms with van der Waals surface area (Å²) in [6.07, 6.45) is 5.52. The molecule has 1 aromatic carbocycles. The molecule has 0 atom stereocenters. The predicted octanol–water partition coefficient (Wildman–Crippen LogP) is 2.83. The first-order chi connectivity index (χ1) is 7.75. The molecular weight excluding hydrogens is 313 g/mol. The minimum absolute atomic E-state index is 0.517. The van der Waals surface area contributed by atoms with E-state index in [0.717, 1.165) is 9.13 Å². The molecule has 2 aromatic rings. The van der Waals surface area contributed by atoms with Crippen molar-refractivity contribution in [2.45, 2.75) is 0 Å². The molecule has 4 heteroatoms. The zero-order chi connectivity index (χ0) is 11.4. The van der Waals surface area contributed by atoms with Gasteiger partial charge in [-0.25, -0.2) is 9.97 Å². The van der Waals surface area contributed by atoms with Crippen molar-refractivity contribution < 1.29 is 0 Å². The smallest absolute Gasteiger partial charge is 0.154 e. The van der Waals surface area contributed by atoms with Crippen molar-refractivity contribution in [1.29, 1.82) is 0 Å². The van der Waals surface area contributed by atoms with Crippen LogP contribution in [0.1, 0.15) is 11.4 Å². The Morgan fingerprint density at radius 3 is 2.56 bits per heavy atom. The van der Waals surface area contributed by atoms with Gasteiger partial charge in [-0.05, 0) is 34.2 Å². The van der Waals surface area contributed by atoms with E-state index in [2.05, 4.69) is 32.6 Å². The lowest BCUT2D eigenvalue weighted by atomic mass is 10.2. The van der Waals surface area contributed by atoms with Gasteiger partial charge in [0, 0.05) is 6.20 Å². The van der Waals surface area contributed by atoms with Gasteiger partial charge >= 0.3 is 0 Å². The average molecular weight is 323 g/mol. The van der Waals surface area contributed by atoms with Gasteiger partial charge < -0.3 is 5.73 Å². The third kappa shape index (κ3) is 2.79. The Hall–Kier alpha value is -1.43. The fourth-order valence-corrected chi connectivity index (χ4v) is 1.47. The van der Waals surface area contributed by atoms with Crippen LogP contribution >= 0.6 is 22.6 Å². The number of aromatic nitrogens is 2. The number of anilines is 1. The van der Waals surface area contributed by atoms with Crippen molar-refractivity contribution >= 4 is 40.6 Å². The van der Waals surface area contributed by atoms with Crippen molar-refractivity contribution in [2.75, 3.05) is 5.73 Å². The van der Waals surface area contributed by atoms with Gasteiger partial charge in [0.2, 0.25) is 0 Å². The van der Waals surface area contributed by atoms with E-state index in [4.69, 9.17) is 5.73 Å². The van der Waals surface area contributed by atoms with Crippen LogP contribution in [-0.4, -0.2) is 9.97 Å². The molecule has 0 saturated carbocycles. The summed E-state index contributed by atoms with van der Waals surface area (Å²) in [5.74, 6) is 1.14. The number of rotatable bonds is 2. The highest BCUT2D eigenvalue weighted by Gasteiger charge is 1.97. The maximum Gasteiger partial charge on any atom is 0.154 e. The summed E-state index contributed by atoms with van der Waals surface area (Å²) in [4.78, 5) is 8.33. The fourth-order valence-electron chi connectivity index (χ4n) is 1.21. The van der Waals surface area contributed by atoms with E-state index in [1.807, 2.05) is 42.5 Å². The summed E-state index contributed by atoms with van der Waals surface area (Å²) in [5.41, 5.74) is 6.81. The number of nitrogen functional groups attached to an aromatic ring is 1. The molecule has 2 N–H and O–H groups in total. The third-order valence-electron chi connectivity index (χ3n) is 2.01. The molecule has 0 aliphatic carbocycles. The molecular formula is C12H10IN3. The Kier molecular flexibility index (Phi) is 3.51. The lowest BCUT2D eigenvalue weighted by molar-refractivity contribution is 1.13. The lowest BCUT2D eigenvalue weighted by Crippen LogP contribution is -1.97. The second kappa shape index (κ2) is 5.07. The van der Waals surface area contributed by atoms with Crippen LogP contribution in [-0.2, 0) is 0 Å². The fraction of sp³-hybridized carbons (Fsp3) is 0. The van der Waals surface area contributed by atoms with E-state index in [-0.39, 0.29) is 0 Å². The van der Waals surface area contributed by atoms with Crippen LogP contribution in [0, 0.1) is 3.57 Å². The Balaban J connectivity index is 2.21. The first kappa shape index (κ1) is 11.1. The topological polar surface area (TPSA) is 51.8 Å². The molecule has 0 fully saturated rings. The minimum Gasteiger partial charge on any atom is -0.383 e. The molecule has 0 saturated heterocycles. The summed E-state index contributed by atoms with van der Waals surface area (Å²) in [5, 5.41) is 0. The first-order valence-electron chi connectivity index (χ1n) is 4.77. The first-order valence-corrected chi connectivity index (χ1v) is 5.85. The highest BCUT2D eigenvalue weighted by atomic mass is 127. The zero-order valence-corrected chi connectivity index (χ0v) is 10.6. The molecule has 80 valence electrons. The van der Waals surface area contributed by atoms with Crippen LogP contribution in [0.5, 0.6) is 0 Å². The average Bonchev–Trinajstić information content (AvgIpc) is 2.32. The quantitative estimate of drug-likeness (QED) is 0.865. The van der Waals surface area contributed by atoms with Crippen molar-refractivity contribution in [3.8, 4) is 0 Å². The second-order valence-corrected chi connectivity index (χ2v) is 4.37. The van der Waals surface area contributed by atoms with Crippen molar-refractivity contribution in [2.24, 2.45) is 0 Å². The molecule has 1 aromatic heterocycles. The number of benzene rings is 1. The number of hydrogen-bond acceptors (Lipinski definition) is 3. The highest BCUT2D eigenvalue weighted by molar-refractivity contribution is 14.1. The number of hydrogen-bond donors (Lipinski definition) is 1. The minimum atomic E-state index is 0.517. The molecule has 3 nitrogen and oxygen atoms in total. The second-order valence-electron chi connectivity index (χ2n) is 3.21. The van der Waals surface area contributed by atoms with Gasteiger partial charge in [-0.1, -0.05) is 36.4 Å². The van der Waals surface area contributed by atoms with Crippen LogP contribution in [0.25, 0.3) is 12.2 Å². The maximum atomic E-state index is 5.70.